The van der Waals surface area contributed by atoms with E-state index in [0.717, 1.165) is 11.1 Å². The molecule has 0 atom stereocenters. The standard InChI is InChI=1S/C13H20FNO3/c1-16-4-5-17-6-7-18-10-11-2-3-13(14)8-12(11)9-15/h2-3,8H,4-7,9-10,15H2,1H3. The molecule has 0 aromatic heterocycles. The van der Waals surface area contributed by atoms with E-state index in [1.807, 2.05) is 0 Å². The van der Waals surface area contributed by atoms with Gasteiger partial charge in [0.25, 0.3) is 0 Å². The highest BCUT2D eigenvalue weighted by molar-refractivity contribution is 5.27. The molecule has 1 rings (SSSR count). The summed E-state index contributed by atoms with van der Waals surface area (Å²) in [5.41, 5.74) is 7.23. The highest BCUT2D eigenvalue weighted by atomic mass is 19.1. The maximum atomic E-state index is 13.0. The minimum atomic E-state index is -0.276. The molecule has 0 saturated heterocycles. The quantitative estimate of drug-likeness (QED) is 0.681. The molecule has 2 N–H and O–H groups in total. The lowest BCUT2D eigenvalue weighted by atomic mass is 10.1. The Morgan fingerprint density at radius 1 is 1.06 bits per heavy atom. The maximum absolute atomic E-state index is 13.0. The van der Waals surface area contributed by atoms with Crippen LogP contribution in [0.2, 0.25) is 0 Å². The van der Waals surface area contributed by atoms with E-state index < -0.39 is 0 Å². The highest BCUT2D eigenvalue weighted by Gasteiger charge is 2.02. The molecule has 0 spiro atoms. The Morgan fingerprint density at radius 2 is 1.78 bits per heavy atom. The first-order valence-electron chi connectivity index (χ1n) is 5.89. The third-order valence-corrected chi connectivity index (χ3v) is 2.45. The van der Waals surface area contributed by atoms with Crippen LogP contribution in [0.4, 0.5) is 4.39 Å². The minimum absolute atomic E-state index is 0.276. The molecule has 0 bridgehead atoms. The lowest BCUT2D eigenvalue weighted by Crippen LogP contribution is -2.09. The van der Waals surface area contributed by atoms with Crippen LogP contribution < -0.4 is 5.73 Å². The number of nitrogens with two attached hydrogens (primary N) is 1. The van der Waals surface area contributed by atoms with Gasteiger partial charge in [0, 0.05) is 13.7 Å². The van der Waals surface area contributed by atoms with Gasteiger partial charge in [0.15, 0.2) is 0 Å². The summed E-state index contributed by atoms with van der Waals surface area (Å²) >= 11 is 0. The number of halogens is 1. The van der Waals surface area contributed by atoms with E-state index >= 15 is 0 Å². The van der Waals surface area contributed by atoms with E-state index in [-0.39, 0.29) is 5.82 Å². The Balaban J connectivity index is 2.22. The molecule has 0 saturated carbocycles. The van der Waals surface area contributed by atoms with Crippen LogP contribution in [0.5, 0.6) is 0 Å². The second-order valence-corrected chi connectivity index (χ2v) is 3.77. The fourth-order valence-electron chi connectivity index (χ4n) is 1.47. The fraction of sp³-hybridized carbons (Fsp3) is 0.538. The van der Waals surface area contributed by atoms with Crippen molar-refractivity contribution >= 4 is 0 Å². The average Bonchev–Trinajstić information content (AvgIpc) is 2.39. The lowest BCUT2D eigenvalue weighted by Gasteiger charge is -2.09. The zero-order chi connectivity index (χ0) is 13.2. The van der Waals surface area contributed by atoms with Crippen LogP contribution in [0.15, 0.2) is 18.2 Å². The number of rotatable bonds is 9. The Kier molecular flexibility index (Phi) is 7.52. The van der Waals surface area contributed by atoms with Gasteiger partial charge in [-0.1, -0.05) is 6.07 Å². The van der Waals surface area contributed by atoms with Crippen molar-refractivity contribution in [3.05, 3.63) is 35.1 Å². The molecule has 0 aliphatic heterocycles. The first kappa shape index (κ1) is 15.0. The van der Waals surface area contributed by atoms with Gasteiger partial charge in [-0.3, -0.25) is 0 Å². The van der Waals surface area contributed by atoms with Gasteiger partial charge in [0.05, 0.1) is 33.0 Å². The van der Waals surface area contributed by atoms with Crippen LogP contribution in [0.3, 0.4) is 0 Å². The fourth-order valence-corrected chi connectivity index (χ4v) is 1.47. The summed E-state index contributed by atoms with van der Waals surface area (Å²) in [5, 5.41) is 0. The molecular formula is C13H20FNO3. The second kappa shape index (κ2) is 8.99. The van der Waals surface area contributed by atoms with Crippen LogP contribution in [0.1, 0.15) is 11.1 Å². The van der Waals surface area contributed by atoms with E-state index in [9.17, 15) is 4.39 Å². The summed E-state index contributed by atoms with van der Waals surface area (Å²) < 4.78 is 28.5. The SMILES string of the molecule is COCCOCCOCc1ccc(F)cc1CN. The van der Waals surface area contributed by atoms with E-state index in [1.54, 1.807) is 13.2 Å². The molecule has 0 unspecified atom stereocenters. The number of ether oxygens (including phenoxy) is 3. The third kappa shape index (κ3) is 5.55. The molecule has 0 amide bonds. The van der Waals surface area contributed by atoms with E-state index in [1.165, 1.54) is 12.1 Å². The molecular weight excluding hydrogens is 237 g/mol. The van der Waals surface area contributed by atoms with Crippen LogP contribution in [0.25, 0.3) is 0 Å². The molecule has 0 aliphatic rings. The Bertz CT molecular complexity index is 347. The van der Waals surface area contributed by atoms with E-state index in [0.29, 0.717) is 39.6 Å². The summed E-state index contributed by atoms with van der Waals surface area (Å²) in [6.07, 6.45) is 0. The molecule has 5 heteroatoms. The normalized spacial score (nSPS) is 10.8. The summed E-state index contributed by atoms with van der Waals surface area (Å²) in [7, 11) is 1.63. The Morgan fingerprint density at radius 3 is 2.50 bits per heavy atom. The van der Waals surface area contributed by atoms with Gasteiger partial charge in [0.1, 0.15) is 5.82 Å². The van der Waals surface area contributed by atoms with Gasteiger partial charge in [-0.25, -0.2) is 4.39 Å². The van der Waals surface area contributed by atoms with Crippen molar-refractivity contribution in [2.45, 2.75) is 13.2 Å². The van der Waals surface area contributed by atoms with Crippen LogP contribution in [-0.4, -0.2) is 33.5 Å². The summed E-state index contributed by atoms with van der Waals surface area (Å²) in [6.45, 7) is 2.87. The van der Waals surface area contributed by atoms with E-state index in [2.05, 4.69) is 0 Å². The predicted molar refractivity (Wildman–Crippen MR) is 66.6 cm³/mol. The minimum Gasteiger partial charge on any atom is -0.382 e. The number of benzene rings is 1. The van der Waals surface area contributed by atoms with Gasteiger partial charge in [-0.2, -0.15) is 0 Å². The maximum Gasteiger partial charge on any atom is 0.123 e. The van der Waals surface area contributed by atoms with Crippen molar-refractivity contribution in [2.75, 3.05) is 33.5 Å². The molecule has 0 heterocycles. The third-order valence-electron chi connectivity index (χ3n) is 2.45. The molecule has 1 aromatic rings. The number of hydrogen-bond acceptors (Lipinski definition) is 4. The van der Waals surface area contributed by atoms with Crippen molar-refractivity contribution in [1.82, 2.24) is 0 Å². The molecule has 0 fully saturated rings. The molecule has 0 aliphatic carbocycles. The zero-order valence-electron chi connectivity index (χ0n) is 10.7. The van der Waals surface area contributed by atoms with Crippen molar-refractivity contribution in [2.24, 2.45) is 5.73 Å². The number of hydrogen-bond donors (Lipinski definition) is 1. The van der Waals surface area contributed by atoms with Crippen molar-refractivity contribution in [3.63, 3.8) is 0 Å². The molecule has 4 nitrogen and oxygen atoms in total. The topological polar surface area (TPSA) is 53.7 Å². The zero-order valence-corrected chi connectivity index (χ0v) is 10.7. The Labute approximate surface area is 107 Å². The predicted octanol–water partition coefficient (Wildman–Crippen LogP) is 1.46. The highest BCUT2D eigenvalue weighted by Crippen LogP contribution is 2.11. The summed E-state index contributed by atoms with van der Waals surface area (Å²) in [4.78, 5) is 0. The first-order valence-corrected chi connectivity index (χ1v) is 5.89. The van der Waals surface area contributed by atoms with Gasteiger partial charge in [-0.05, 0) is 23.3 Å². The van der Waals surface area contributed by atoms with Crippen molar-refractivity contribution in [3.8, 4) is 0 Å². The van der Waals surface area contributed by atoms with Gasteiger partial charge in [-0.15, -0.1) is 0 Å². The van der Waals surface area contributed by atoms with Gasteiger partial charge >= 0.3 is 0 Å². The average molecular weight is 257 g/mol. The molecule has 18 heavy (non-hydrogen) atoms. The summed E-state index contributed by atoms with van der Waals surface area (Å²) in [5.74, 6) is -0.276. The summed E-state index contributed by atoms with van der Waals surface area (Å²) in [6, 6.07) is 4.55. The lowest BCUT2D eigenvalue weighted by molar-refractivity contribution is 0.0198. The Hall–Kier alpha value is -1.01. The van der Waals surface area contributed by atoms with Crippen LogP contribution in [0, 0.1) is 5.82 Å². The smallest absolute Gasteiger partial charge is 0.123 e. The van der Waals surface area contributed by atoms with Crippen LogP contribution in [-0.2, 0) is 27.4 Å². The van der Waals surface area contributed by atoms with E-state index in [4.69, 9.17) is 19.9 Å². The van der Waals surface area contributed by atoms with Gasteiger partial charge in [0.2, 0.25) is 0 Å². The second-order valence-electron chi connectivity index (χ2n) is 3.77. The monoisotopic (exact) mass is 257 g/mol. The molecule has 102 valence electrons. The van der Waals surface area contributed by atoms with Crippen molar-refractivity contribution < 1.29 is 18.6 Å². The molecule has 0 radical (unpaired) electrons. The number of methoxy groups -OCH3 is 1. The molecule has 1 aromatic carbocycles. The van der Waals surface area contributed by atoms with Crippen LogP contribution >= 0.6 is 0 Å². The largest absolute Gasteiger partial charge is 0.382 e. The van der Waals surface area contributed by atoms with Gasteiger partial charge < -0.3 is 19.9 Å². The first-order chi connectivity index (χ1) is 8.77. The van der Waals surface area contributed by atoms with Crippen molar-refractivity contribution in [1.29, 1.82) is 0 Å².